The molecule has 1 aromatic heterocycles. The van der Waals surface area contributed by atoms with E-state index >= 15 is 0 Å². The summed E-state index contributed by atoms with van der Waals surface area (Å²) in [6, 6.07) is 0. The van der Waals surface area contributed by atoms with Gasteiger partial charge >= 0.3 is 13.5 Å². The summed E-state index contributed by atoms with van der Waals surface area (Å²) in [5.41, 5.74) is -0.918. The van der Waals surface area contributed by atoms with Crippen LogP contribution in [0.3, 0.4) is 0 Å². The number of aromatic nitrogens is 2. The number of nitrogens with one attached hydrogen (secondary N) is 1. The summed E-state index contributed by atoms with van der Waals surface area (Å²) in [5.74, 6) is 0. The Labute approximate surface area is 156 Å². The predicted molar refractivity (Wildman–Crippen MR) is 97.3 cm³/mol. The van der Waals surface area contributed by atoms with Crippen molar-refractivity contribution < 1.29 is 33.8 Å². The van der Waals surface area contributed by atoms with E-state index in [4.69, 9.17) is 19.6 Å². The molecule has 1 aromatic rings. The number of nitrogens with zero attached hydrogens (tertiary/aromatic N) is 1. The van der Waals surface area contributed by atoms with Gasteiger partial charge in [0.05, 0.1) is 12.7 Å². The summed E-state index contributed by atoms with van der Waals surface area (Å²) in [6.07, 6.45) is -0.318. The zero-order chi connectivity index (χ0) is 21.2. The van der Waals surface area contributed by atoms with Crippen molar-refractivity contribution in [3.05, 3.63) is 32.6 Å². The molecule has 0 amide bonds. The van der Waals surface area contributed by atoms with Gasteiger partial charge in [0.15, 0.2) is 0 Å². The highest BCUT2D eigenvalue weighted by Gasteiger charge is 2.37. The third-order valence-corrected chi connectivity index (χ3v) is 3.55. The summed E-state index contributed by atoms with van der Waals surface area (Å²) < 4.78 is 21.4. The molecule has 0 bridgehead atoms. The number of H-pyrrole nitrogens is 1. The smallest absolute Gasteiger partial charge is 0.397 e. The van der Waals surface area contributed by atoms with Crippen LogP contribution < -0.4 is 11.2 Å². The third kappa shape index (κ3) is 9.43. The SMILES string of the molecule is CCC.CCO.Cc1cn([C@H]2C[C@H](O)[C@@H](COP(=O)(O)O)O2)c(=O)[nH]c1=O. The molecule has 1 fully saturated rings. The number of rotatable bonds is 4. The fraction of sp³-hybridized carbons (Fsp3) is 0.733. The molecule has 27 heavy (non-hydrogen) atoms. The second-order valence-corrected chi connectivity index (χ2v) is 6.96. The number of phosphoric acid groups is 1. The molecule has 0 radical (unpaired) electrons. The van der Waals surface area contributed by atoms with Crippen LogP contribution in [0.25, 0.3) is 0 Å². The number of aliphatic hydroxyl groups is 2. The fourth-order valence-electron chi connectivity index (χ4n) is 2.01. The molecule has 12 heteroatoms. The van der Waals surface area contributed by atoms with Crippen molar-refractivity contribution >= 4 is 7.82 Å². The second kappa shape index (κ2) is 12.2. The van der Waals surface area contributed by atoms with E-state index in [0.29, 0.717) is 5.56 Å². The molecule has 5 N–H and O–H groups in total. The second-order valence-electron chi connectivity index (χ2n) is 5.72. The number of hydrogen-bond acceptors (Lipinski definition) is 7. The lowest BCUT2D eigenvalue weighted by molar-refractivity contribution is -0.0451. The number of aliphatic hydroxyl groups excluding tert-OH is 2. The molecular weight excluding hydrogens is 383 g/mol. The van der Waals surface area contributed by atoms with E-state index < -0.39 is 44.1 Å². The lowest BCUT2D eigenvalue weighted by atomic mass is 10.2. The van der Waals surface area contributed by atoms with Gasteiger partial charge in [0.1, 0.15) is 12.3 Å². The van der Waals surface area contributed by atoms with Gasteiger partial charge in [-0.25, -0.2) is 9.36 Å². The lowest BCUT2D eigenvalue weighted by Gasteiger charge is -2.16. The van der Waals surface area contributed by atoms with E-state index in [2.05, 4.69) is 23.4 Å². The molecule has 0 aromatic carbocycles. The van der Waals surface area contributed by atoms with Gasteiger partial charge in [-0.1, -0.05) is 20.3 Å². The van der Waals surface area contributed by atoms with Gasteiger partial charge in [0.2, 0.25) is 0 Å². The number of phosphoric ester groups is 1. The summed E-state index contributed by atoms with van der Waals surface area (Å²) >= 11 is 0. The number of ether oxygens (including phenoxy) is 1. The van der Waals surface area contributed by atoms with Crippen LogP contribution in [0, 0.1) is 6.92 Å². The summed E-state index contributed by atoms with van der Waals surface area (Å²) in [7, 11) is -4.67. The number of hydrogen-bond donors (Lipinski definition) is 5. The van der Waals surface area contributed by atoms with Crippen molar-refractivity contribution in [2.75, 3.05) is 13.2 Å². The lowest BCUT2D eigenvalue weighted by Crippen LogP contribution is -2.33. The molecule has 0 unspecified atom stereocenters. The van der Waals surface area contributed by atoms with Gasteiger partial charge in [-0.3, -0.25) is 18.9 Å². The molecular formula is C15H29N2O9P. The number of aromatic amines is 1. The molecule has 2 rings (SSSR count). The minimum Gasteiger partial charge on any atom is -0.397 e. The Morgan fingerprint density at radius 3 is 2.33 bits per heavy atom. The van der Waals surface area contributed by atoms with Crippen molar-refractivity contribution in [1.82, 2.24) is 9.55 Å². The van der Waals surface area contributed by atoms with E-state index in [1.165, 1.54) is 19.5 Å². The molecule has 0 aliphatic carbocycles. The normalized spacial score (nSPS) is 21.7. The molecule has 11 nitrogen and oxygen atoms in total. The first-order valence-corrected chi connectivity index (χ1v) is 10.00. The minimum atomic E-state index is -4.67. The Hall–Kier alpha value is -1.33. The van der Waals surface area contributed by atoms with Crippen molar-refractivity contribution in [3.63, 3.8) is 0 Å². The van der Waals surface area contributed by atoms with E-state index in [1.807, 2.05) is 0 Å². The molecule has 1 aliphatic rings. The van der Waals surface area contributed by atoms with Gasteiger partial charge in [-0.15, -0.1) is 0 Å². The maximum atomic E-state index is 11.7. The zero-order valence-electron chi connectivity index (χ0n) is 15.9. The minimum absolute atomic E-state index is 0.0283. The standard InChI is InChI=1S/C10H15N2O8P.C3H8.C2H6O/c1-5-3-12(10(15)11-9(5)14)8-2-6(13)7(20-8)4-19-21(16,17)18;1-3-2;1-2-3/h3,6-8,13H,2,4H2,1H3,(H,11,14,15)(H2,16,17,18);3H2,1-2H3;3H,2H2,1H3/t6-,7+,8+;;/m0../s1. The van der Waals surface area contributed by atoms with E-state index in [0.717, 1.165) is 4.57 Å². The summed E-state index contributed by atoms with van der Waals surface area (Å²) in [5, 5.41) is 17.4. The monoisotopic (exact) mass is 412 g/mol. The Kier molecular flexibility index (Phi) is 11.6. The van der Waals surface area contributed by atoms with Crippen molar-refractivity contribution in [1.29, 1.82) is 0 Å². The van der Waals surface area contributed by atoms with Crippen LogP contribution in [-0.4, -0.2) is 55.0 Å². The predicted octanol–water partition coefficient (Wildman–Crippen LogP) is 0.0176. The van der Waals surface area contributed by atoms with E-state index in [1.54, 1.807) is 6.92 Å². The molecule has 2 heterocycles. The Bertz CT molecular complexity index is 710. The first kappa shape index (κ1) is 25.7. The van der Waals surface area contributed by atoms with Gasteiger partial charge in [0.25, 0.3) is 5.56 Å². The average molecular weight is 412 g/mol. The largest absolute Gasteiger partial charge is 0.469 e. The zero-order valence-corrected chi connectivity index (χ0v) is 16.8. The van der Waals surface area contributed by atoms with E-state index in [9.17, 15) is 19.3 Å². The summed E-state index contributed by atoms with van der Waals surface area (Å²) in [4.78, 5) is 42.3. The van der Waals surface area contributed by atoms with Crippen LogP contribution in [-0.2, 0) is 13.8 Å². The highest BCUT2D eigenvalue weighted by molar-refractivity contribution is 7.46. The molecule has 0 saturated carbocycles. The first-order valence-electron chi connectivity index (χ1n) is 8.47. The highest BCUT2D eigenvalue weighted by atomic mass is 31.2. The van der Waals surface area contributed by atoms with Crippen molar-refractivity contribution in [2.45, 2.75) is 59.0 Å². The van der Waals surface area contributed by atoms with Crippen LogP contribution in [0.2, 0.25) is 0 Å². The van der Waals surface area contributed by atoms with Gasteiger partial charge in [-0.2, -0.15) is 0 Å². The third-order valence-electron chi connectivity index (χ3n) is 3.07. The van der Waals surface area contributed by atoms with Crippen molar-refractivity contribution in [2.24, 2.45) is 0 Å². The Morgan fingerprint density at radius 2 is 1.85 bits per heavy atom. The van der Waals surface area contributed by atoms with Crippen molar-refractivity contribution in [3.8, 4) is 0 Å². The topological polar surface area (TPSA) is 171 Å². The molecule has 1 saturated heterocycles. The highest BCUT2D eigenvalue weighted by Crippen LogP contribution is 2.38. The number of aryl methyl sites for hydroxylation is 1. The van der Waals surface area contributed by atoms with Gasteiger partial charge in [-0.05, 0) is 13.8 Å². The first-order chi connectivity index (χ1) is 12.5. The average Bonchev–Trinajstić information content (AvgIpc) is 2.90. The Balaban J connectivity index is 0.000000997. The van der Waals surface area contributed by atoms with Crippen LogP contribution in [0.1, 0.15) is 45.4 Å². The molecule has 0 spiro atoms. The van der Waals surface area contributed by atoms with Gasteiger partial charge < -0.3 is 24.7 Å². The van der Waals surface area contributed by atoms with Gasteiger partial charge in [0, 0.05) is 24.8 Å². The van der Waals surface area contributed by atoms with Crippen LogP contribution in [0.5, 0.6) is 0 Å². The maximum Gasteiger partial charge on any atom is 0.469 e. The summed E-state index contributed by atoms with van der Waals surface area (Å²) in [6.45, 7) is 7.17. The van der Waals surface area contributed by atoms with Crippen LogP contribution >= 0.6 is 7.82 Å². The Morgan fingerprint density at radius 1 is 1.33 bits per heavy atom. The maximum absolute atomic E-state index is 11.7. The quantitative estimate of drug-likeness (QED) is 0.427. The molecule has 3 atom stereocenters. The fourth-order valence-corrected chi connectivity index (χ4v) is 2.35. The molecule has 1 aliphatic heterocycles. The molecule has 158 valence electrons. The van der Waals surface area contributed by atoms with E-state index in [-0.39, 0.29) is 13.0 Å². The van der Waals surface area contributed by atoms with Crippen LogP contribution in [0.15, 0.2) is 15.8 Å². The van der Waals surface area contributed by atoms with Crippen LogP contribution in [0.4, 0.5) is 0 Å².